The molecule has 5 heterocycles. The molecular formula is C89H94Cl3N26Na9O19P2. The molecule has 0 aliphatic carbocycles. The van der Waals surface area contributed by atoms with Gasteiger partial charge in [-0.05, 0) is 208 Å². The number of H-pyrrole nitrogens is 1. The van der Waals surface area contributed by atoms with E-state index in [9.17, 15) is 93.9 Å². The van der Waals surface area contributed by atoms with E-state index in [0.29, 0.717) is 75.0 Å². The molecule has 0 fully saturated rings. The van der Waals surface area contributed by atoms with E-state index in [2.05, 4.69) is 123 Å². The minimum Gasteiger partial charge on any atom is -0.545 e. The summed E-state index contributed by atoms with van der Waals surface area (Å²) in [6, 6.07) is 53.1. The number of anilines is 17. The number of hydrogen-bond donors (Lipinski definition) is 12. The average molecular weight is 2210 g/mol. The van der Waals surface area contributed by atoms with Crippen LogP contribution in [0.5, 0.6) is 0 Å². The fourth-order valence-corrected chi connectivity index (χ4v) is 10.5. The molecule has 0 saturated carbocycles. The maximum absolute atomic E-state index is 11.0. The zero-order valence-corrected chi connectivity index (χ0v) is 102. The summed E-state index contributed by atoms with van der Waals surface area (Å²) in [7, 11) is 3.38. The molecule has 45 nitrogen and oxygen atoms in total. The van der Waals surface area contributed by atoms with Gasteiger partial charge in [-0.3, -0.25) is 4.98 Å². The van der Waals surface area contributed by atoms with Crippen LogP contribution in [0, 0.1) is 13.8 Å². The molecular weight excluding hydrogens is 2110 g/mol. The molecule has 5 aromatic heterocycles. The molecule has 14 rings (SSSR count). The molecule has 0 bridgehead atoms. The fourth-order valence-electron chi connectivity index (χ4n) is 9.87. The molecule has 0 aliphatic heterocycles. The van der Waals surface area contributed by atoms with E-state index in [1.54, 1.807) is 64.3 Å². The minimum absolute atomic E-state index is 0. The van der Waals surface area contributed by atoms with E-state index in [1.807, 2.05) is 6.92 Å². The first-order valence-electron chi connectivity index (χ1n) is 37.2. The number of aromatic nitrogens is 15. The molecule has 734 valence electrons. The number of carboxylic acids is 9. The molecule has 148 heavy (non-hydrogen) atoms. The number of carbonyl (C=O) groups excluding carboxylic acids is 9. The van der Waals surface area contributed by atoms with Crippen molar-refractivity contribution in [3.8, 4) is 0 Å². The van der Waals surface area contributed by atoms with Crippen molar-refractivity contribution >= 4 is 207 Å². The molecule has 0 spiro atoms. The van der Waals surface area contributed by atoms with Crippen LogP contribution in [0.2, 0.25) is 15.9 Å². The van der Waals surface area contributed by atoms with E-state index in [-0.39, 0.29) is 436 Å². The fraction of sp³-hybridized carbons (Fsp3) is 0.124. The molecule has 59 heteroatoms. The summed E-state index contributed by atoms with van der Waals surface area (Å²) in [5, 5.41) is 123. The van der Waals surface area contributed by atoms with Crippen LogP contribution in [0.25, 0.3) is 0 Å². The number of carbonyl (C=O) groups is 9. The van der Waals surface area contributed by atoms with Gasteiger partial charge in [0.1, 0.15) is 11.6 Å². The number of carboxylic acid groups (broad SMARTS) is 9. The Morgan fingerprint density at radius 1 is 0.270 bits per heavy atom. The van der Waals surface area contributed by atoms with Crippen molar-refractivity contribution in [2.45, 2.75) is 64.3 Å². The van der Waals surface area contributed by atoms with Gasteiger partial charge >= 0.3 is 272 Å². The van der Waals surface area contributed by atoms with Gasteiger partial charge in [-0.15, -0.1) is 0 Å². The second kappa shape index (κ2) is 82.4. The Kier molecular flexibility index (Phi) is 89.0. The Morgan fingerprint density at radius 3 is 0.608 bits per heavy atom. The quantitative estimate of drug-likeness (QED) is 0.0136. The van der Waals surface area contributed by atoms with Crippen LogP contribution in [0.4, 0.5) is 99.0 Å². The number of aromatic amines is 1. The van der Waals surface area contributed by atoms with Gasteiger partial charge in [-0.1, -0.05) is 165 Å². The van der Waals surface area contributed by atoms with Crippen LogP contribution in [-0.4, -0.2) is 143 Å². The van der Waals surface area contributed by atoms with E-state index in [1.165, 1.54) is 182 Å². The van der Waals surface area contributed by atoms with Gasteiger partial charge in [0.15, 0.2) is 0 Å². The number of nitrogens with zero attached hydrogens (tertiary/aromatic N) is 14. The number of aromatic carboxylic acids is 9. The smallest absolute Gasteiger partial charge is 0.545 e. The molecule has 0 radical (unpaired) electrons. The van der Waals surface area contributed by atoms with Crippen LogP contribution < -0.4 is 377 Å². The first-order chi connectivity index (χ1) is 62.4. The van der Waals surface area contributed by atoms with E-state index in [4.69, 9.17) is 40.5 Å². The number of nitrogen functional groups attached to an aromatic ring is 1. The summed E-state index contributed by atoms with van der Waals surface area (Å²) >= 11 is 16.0. The van der Waals surface area contributed by atoms with Crippen molar-refractivity contribution in [1.29, 1.82) is 0 Å². The SMILES string of the molecule is C.C.C.C.C.CCc1ccc(C(=O)[O-])cc1.CNc1nc(C)[nH]c(=O)n1.CNc1nc(C)nc(Nc2ccc(C(=O)[O-])cc2)n1.Clc1nc(Cl)nc(Cl)n1.N.Nc1ccc(C(=O)[O-])cc1.O=C([O-])c1ccc(Nc2nc(Nc3ccc(C(=O)[O-])cc3)nc(Nc3ccc(C(=O)[O-])cc3)n2)cc1.O=C([O-])c1ccc(Nc2nc(Nc3ccc(C(=O)[O-])cc3)nc(Nc3ccc(C(=O)[O-])cc3)n2)cc1.P.P.[Na+].[Na+].[Na+].[Na+].[Na+].[Na+].[Na+].[Na+].[Na+]. The second-order valence-electron chi connectivity index (χ2n) is 25.5. The third-order valence-electron chi connectivity index (χ3n) is 16.2. The van der Waals surface area contributed by atoms with Crippen molar-refractivity contribution in [2.75, 3.05) is 67.7 Å². The van der Waals surface area contributed by atoms with Gasteiger partial charge in [0.05, 0.1) is 53.7 Å². The van der Waals surface area contributed by atoms with Crippen molar-refractivity contribution in [3.05, 3.63) is 312 Å². The summed E-state index contributed by atoms with van der Waals surface area (Å²) in [5.74, 6) is -8.49. The summed E-state index contributed by atoms with van der Waals surface area (Å²) < 4.78 is 0. The van der Waals surface area contributed by atoms with Crippen LogP contribution in [0.15, 0.2) is 223 Å². The number of halogens is 3. The number of hydrogen-bond acceptors (Lipinski definition) is 44. The second-order valence-corrected chi connectivity index (χ2v) is 26.5. The zero-order chi connectivity index (χ0) is 95.4. The van der Waals surface area contributed by atoms with Crippen LogP contribution in [-0.2, 0) is 6.42 Å². The van der Waals surface area contributed by atoms with Gasteiger partial charge in [0.25, 0.3) is 0 Å². The normalized spacial score (nSPS) is 8.86. The molecule has 14 aromatic rings. The molecule has 15 N–H and O–H groups in total. The van der Waals surface area contributed by atoms with E-state index in [0.717, 1.165) is 12.0 Å². The van der Waals surface area contributed by atoms with E-state index < -0.39 is 53.7 Å². The Morgan fingerprint density at radius 2 is 0.432 bits per heavy atom. The van der Waals surface area contributed by atoms with Gasteiger partial charge in [0, 0.05) is 59.6 Å². The molecule has 0 amide bonds. The Bertz CT molecular complexity index is 5840. The number of nitrogens with two attached hydrogens (primary N) is 1. The molecule has 9 aromatic carbocycles. The maximum atomic E-state index is 11.0. The Hall–Kier alpha value is -8.25. The van der Waals surface area contributed by atoms with Crippen molar-refractivity contribution in [3.63, 3.8) is 0 Å². The summed E-state index contributed by atoms with van der Waals surface area (Å²) in [6.07, 6.45) is 0.924. The molecule has 0 saturated heterocycles. The third kappa shape index (κ3) is 57.5. The number of benzene rings is 9. The topological polar surface area (TPSA) is 744 Å². The predicted octanol–water partition coefficient (Wildman–Crippen LogP) is -21.2. The van der Waals surface area contributed by atoms with E-state index >= 15 is 0 Å². The summed E-state index contributed by atoms with van der Waals surface area (Å²) in [5.41, 5.74) is 10.7. The van der Waals surface area contributed by atoms with Crippen molar-refractivity contribution in [1.82, 2.24) is 80.9 Å². The number of aryl methyl sites for hydroxylation is 3. The van der Waals surface area contributed by atoms with Crippen LogP contribution in [0.3, 0.4) is 0 Å². The van der Waals surface area contributed by atoms with Gasteiger partial charge in [-0.2, -0.15) is 84.6 Å². The molecule has 0 aliphatic rings. The largest absolute Gasteiger partial charge is 1.00 e. The number of nitrogens with one attached hydrogen (secondary N) is 10. The van der Waals surface area contributed by atoms with Gasteiger partial charge in [0.2, 0.25) is 69.4 Å². The van der Waals surface area contributed by atoms with Gasteiger partial charge < -0.3 is 149 Å². The molecule has 2 atom stereocenters. The summed E-state index contributed by atoms with van der Waals surface area (Å²) in [4.78, 5) is 166. The third-order valence-corrected chi connectivity index (χ3v) is 16.7. The standard InChI is InChI=1S/2C24H18N6O6.C12H13N5O2.C9H10O2.C7H7NO2.C5H8N4O.C3Cl3N3.5CH4.H3N.9Na.2H3P/c2*31-19(32)13-1-7-16(8-2-13)25-22-28-23(26-17-9-3-14(4-10-17)20(33)34)30-24(29-22)27-18-11-5-15(6-12-18)21(35)36;1-7-14-11(13-2)17-12(15-7)16-9-5-3-8(4-6-9)10(18)19;1-2-7-3-5-8(6-4-7)9(10)11;8-6-3-1-5(2-4-6)7(9)10;1-3-7-4(6-2)9-5(10)8-3;4-1-7-2(5)9-3(6)8-1;;;;;;;;;;;;;;;;;/h2*1-12H,(H,31,32)(H,33,34)(H,35,36)(H3,25,26,27,28,29,30);3-6H,1-2H3,(H,18,19)(H2,13,14,15,16,17);3-6H,2H2,1H3,(H,10,11);1-4H,8H2,(H,9,10);1-2H3,(H2,6,7,8,9,10);;5*1H4;1H3;;;;;;;;;;2*1H3/q;;;;;;;;;;;;;9*+1;;/p-9. The average Bonchev–Trinajstić information content (AvgIpc) is 0.830. The monoisotopic (exact) mass is 2200 g/mol. The van der Waals surface area contributed by atoms with Crippen molar-refractivity contribution in [2.24, 2.45) is 0 Å². The predicted molar refractivity (Wildman–Crippen MR) is 520 cm³/mol. The Balaban J connectivity index is -0.000000197. The first-order valence-corrected chi connectivity index (χ1v) is 38.3. The number of rotatable bonds is 26. The van der Waals surface area contributed by atoms with Crippen LogP contribution >= 0.6 is 54.6 Å². The maximum Gasteiger partial charge on any atom is 1.00 e. The summed E-state index contributed by atoms with van der Waals surface area (Å²) in [6.45, 7) is 5.48. The minimum atomic E-state index is -1.31. The molecule has 2 unspecified atom stereocenters. The zero-order valence-electron chi connectivity index (χ0n) is 79.3. The van der Waals surface area contributed by atoms with Crippen LogP contribution in [0.1, 0.15) is 154 Å². The first kappa shape index (κ1) is 160. The Labute approximate surface area is 1070 Å². The van der Waals surface area contributed by atoms with Gasteiger partial charge in [-0.25, -0.2) is 9.78 Å². The van der Waals surface area contributed by atoms with Crippen molar-refractivity contribution < 1.29 is 355 Å².